The van der Waals surface area contributed by atoms with E-state index < -0.39 is 5.97 Å². The van der Waals surface area contributed by atoms with Crippen LogP contribution in [0, 0.1) is 0 Å². The van der Waals surface area contributed by atoms with Crippen molar-refractivity contribution in [1.29, 1.82) is 0 Å². The number of esters is 2. The Morgan fingerprint density at radius 2 is 1.96 bits per heavy atom. The van der Waals surface area contributed by atoms with Crippen molar-refractivity contribution < 1.29 is 23.8 Å². The number of ether oxygens (including phenoxy) is 3. The molecule has 0 aliphatic carbocycles. The standard InChI is InChI=1S/C15H17N3O5S/c1-11(19)23-9-8-22-10-18-15(16-13(17-18)14(20)21-2)24-12-6-4-3-5-7-12/h3-7H,8-10H2,1-2H3. The molecule has 128 valence electrons. The van der Waals surface area contributed by atoms with Crippen molar-refractivity contribution in [2.24, 2.45) is 0 Å². The molecule has 0 saturated carbocycles. The summed E-state index contributed by atoms with van der Waals surface area (Å²) in [6, 6.07) is 9.55. The molecule has 1 aromatic heterocycles. The first kappa shape index (κ1) is 18.0. The Kier molecular flexibility index (Phi) is 6.76. The molecular weight excluding hydrogens is 334 g/mol. The van der Waals surface area contributed by atoms with Gasteiger partial charge in [0.15, 0.2) is 5.16 Å². The van der Waals surface area contributed by atoms with Crippen LogP contribution in [0.5, 0.6) is 0 Å². The minimum Gasteiger partial charge on any atom is -0.463 e. The maximum absolute atomic E-state index is 11.6. The minimum absolute atomic E-state index is 0.0421. The first-order valence-electron chi connectivity index (χ1n) is 7.07. The van der Waals surface area contributed by atoms with Crippen LogP contribution in [0.3, 0.4) is 0 Å². The lowest BCUT2D eigenvalue weighted by Gasteiger charge is -2.07. The molecule has 8 nitrogen and oxygen atoms in total. The molecule has 0 atom stereocenters. The van der Waals surface area contributed by atoms with Gasteiger partial charge in [-0.25, -0.2) is 9.48 Å². The lowest BCUT2D eigenvalue weighted by molar-refractivity contribution is -0.143. The third-order valence-corrected chi connectivity index (χ3v) is 3.70. The number of hydrogen-bond acceptors (Lipinski definition) is 8. The van der Waals surface area contributed by atoms with Gasteiger partial charge in [0.2, 0.25) is 0 Å². The van der Waals surface area contributed by atoms with Crippen LogP contribution in [0.25, 0.3) is 0 Å². The number of benzene rings is 1. The van der Waals surface area contributed by atoms with Crippen LogP contribution in [0.2, 0.25) is 0 Å². The normalized spacial score (nSPS) is 10.4. The molecule has 0 unspecified atom stereocenters. The summed E-state index contributed by atoms with van der Waals surface area (Å²) < 4.78 is 16.3. The zero-order chi connectivity index (χ0) is 17.4. The molecule has 0 bridgehead atoms. The molecular formula is C15H17N3O5S. The van der Waals surface area contributed by atoms with Gasteiger partial charge in [-0.1, -0.05) is 30.0 Å². The lowest BCUT2D eigenvalue weighted by Crippen LogP contribution is -2.12. The van der Waals surface area contributed by atoms with Gasteiger partial charge in [-0.05, 0) is 12.1 Å². The number of hydrogen-bond donors (Lipinski definition) is 0. The second kappa shape index (κ2) is 9.04. The van der Waals surface area contributed by atoms with Crippen LogP contribution in [-0.2, 0) is 25.7 Å². The van der Waals surface area contributed by atoms with Crippen LogP contribution in [0.4, 0.5) is 0 Å². The minimum atomic E-state index is -0.622. The van der Waals surface area contributed by atoms with Gasteiger partial charge in [0.05, 0.1) is 13.7 Å². The summed E-state index contributed by atoms with van der Waals surface area (Å²) in [7, 11) is 1.27. The SMILES string of the molecule is COC(=O)c1nc(Sc2ccccc2)n(COCCOC(C)=O)n1. The van der Waals surface area contributed by atoms with E-state index in [2.05, 4.69) is 14.8 Å². The van der Waals surface area contributed by atoms with E-state index in [1.165, 1.54) is 30.5 Å². The average Bonchev–Trinajstić information content (AvgIpc) is 2.97. The molecule has 1 heterocycles. The summed E-state index contributed by atoms with van der Waals surface area (Å²) in [6.45, 7) is 1.76. The second-order valence-corrected chi connectivity index (χ2v) is 5.54. The molecule has 0 saturated heterocycles. The van der Waals surface area contributed by atoms with Gasteiger partial charge < -0.3 is 14.2 Å². The summed E-state index contributed by atoms with van der Waals surface area (Å²) in [4.78, 5) is 27.4. The second-order valence-electron chi connectivity index (χ2n) is 4.50. The van der Waals surface area contributed by atoms with E-state index in [-0.39, 0.29) is 31.7 Å². The molecule has 9 heteroatoms. The first-order chi connectivity index (χ1) is 11.6. The molecule has 0 aliphatic rings. The van der Waals surface area contributed by atoms with Crippen LogP contribution < -0.4 is 0 Å². The smallest absolute Gasteiger partial charge is 0.377 e. The molecule has 0 spiro atoms. The topological polar surface area (TPSA) is 92.5 Å². The predicted octanol–water partition coefficient (Wildman–Crippen LogP) is 1.75. The highest BCUT2D eigenvalue weighted by Crippen LogP contribution is 2.25. The van der Waals surface area contributed by atoms with Gasteiger partial charge in [-0.2, -0.15) is 4.98 Å². The fourth-order valence-electron chi connectivity index (χ4n) is 1.65. The molecule has 24 heavy (non-hydrogen) atoms. The quantitative estimate of drug-likeness (QED) is 0.525. The van der Waals surface area contributed by atoms with E-state index >= 15 is 0 Å². The van der Waals surface area contributed by atoms with E-state index in [0.717, 1.165) is 4.90 Å². The summed E-state index contributed by atoms with van der Waals surface area (Å²) in [6.07, 6.45) is 0. The van der Waals surface area contributed by atoms with E-state index in [4.69, 9.17) is 9.47 Å². The average molecular weight is 351 g/mol. The van der Waals surface area contributed by atoms with Crippen molar-refractivity contribution in [3.05, 3.63) is 36.2 Å². The van der Waals surface area contributed by atoms with E-state index in [0.29, 0.717) is 5.16 Å². The lowest BCUT2D eigenvalue weighted by atomic mass is 10.4. The zero-order valence-electron chi connectivity index (χ0n) is 13.3. The Labute approximate surface area is 143 Å². The number of methoxy groups -OCH3 is 1. The third-order valence-electron chi connectivity index (χ3n) is 2.70. The largest absolute Gasteiger partial charge is 0.463 e. The van der Waals surface area contributed by atoms with E-state index in [9.17, 15) is 9.59 Å². The zero-order valence-corrected chi connectivity index (χ0v) is 14.1. The van der Waals surface area contributed by atoms with Crippen LogP contribution in [0.15, 0.2) is 40.4 Å². The van der Waals surface area contributed by atoms with Crippen molar-refractivity contribution in [2.45, 2.75) is 23.7 Å². The highest BCUT2D eigenvalue weighted by Gasteiger charge is 2.17. The number of aromatic nitrogens is 3. The van der Waals surface area contributed by atoms with Crippen molar-refractivity contribution in [3.8, 4) is 0 Å². The molecule has 2 aromatic rings. The molecule has 0 aliphatic heterocycles. The van der Waals surface area contributed by atoms with Crippen molar-refractivity contribution in [2.75, 3.05) is 20.3 Å². The molecule has 0 amide bonds. The number of rotatable bonds is 8. The maximum atomic E-state index is 11.6. The highest BCUT2D eigenvalue weighted by atomic mass is 32.2. The fourth-order valence-corrected chi connectivity index (χ4v) is 2.49. The van der Waals surface area contributed by atoms with E-state index in [1.807, 2.05) is 30.3 Å². The van der Waals surface area contributed by atoms with Gasteiger partial charge in [0, 0.05) is 11.8 Å². The summed E-state index contributed by atoms with van der Waals surface area (Å²) in [5, 5.41) is 4.58. The summed E-state index contributed by atoms with van der Waals surface area (Å²) in [5.74, 6) is -1.03. The monoisotopic (exact) mass is 351 g/mol. The maximum Gasteiger partial charge on any atom is 0.377 e. The van der Waals surface area contributed by atoms with Gasteiger partial charge in [-0.15, -0.1) is 5.10 Å². The number of nitrogens with zero attached hydrogens (tertiary/aromatic N) is 3. The first-order valence-corrected chi connectivity index (χ1v) is 7.89. The molecule has 0 fully saturated rings. The number of carbonyl (C=O) groups is 2. The highest BCUT2D eigenvalue weighted by molar-refractivity contribution is 7.99. The van der Waals surface area contributed by atoms with Crippen LogP contribution in [0.1, 0.15) is 17.5 Å². The molecule has 0 radical (unpaired) electrons. The molecule has 2 rings (SSSR count). The van der Waals surface area contributed by atoms with Gasteiger partial charge >= 0.3 is 11.9 Å². The Morgan fingerprint density at radius 3 is 2.62 bits per heavy atom. The predicted molar refractivity (Wildman–Crippen MR) is 84.5 cm³/mol. The van der Waals surface area contributed by atoms with Gasteiger partial charge in [0.25, 0.3) is 5.82 Å². The Hall–Kier alpha value is -2.39. The van der Waals surface area contributed by atoms with Crippen molar-refractivity contribution in [3.63, 3.8) is 0 Å². The summed E-state index contributed by atoms with van der Waals surface area (Å²) >= 11 is 1.35. The Morgan fingerprint density at radius 1 is 1.21 bits per heavy atom. The Bertz CT molecular complexity index is 690. The fraction of sp³-hybridized carbons (Fsp3) is 0.333. The number of carbonyl (C=O) groups excluding carboxylic acids is 2. The van der Waals surface area contributed by atoms with Crippen LogP contribution in [-0.4, -0.2) is 47.0 Å². The molecule has 1 aromatic carbocycles. The third kappa shape index (κ3) is 5.36. The molecule has 0 N–H and O–H groups in total. The van der Waals surface area contributed by atoms with Gasteiger partial charge in [-0.3, -0.25) is 4.79 Å². The van der Waals surface area contributed by atoms with Crippen molar-refractivity contribution >= 4 is 23.7 Å². The Balaban J connectivity index is 2.04. The van der Waals surface area contributed by atoms with Crippen molar-refractivity contribution in [1.82, 2.24) is 14.8 Å². The van der Waals surface area contributed by atoms with Gasteiger partial charge in [0.1, 0.15) is 13.3 Å². The van der Waals surface area contributed by atoms with Crippen LogP contribution >= 0.6 is 11.8 Å². The van der Waals surface area contributed by atoms with E-state index in [1.54, 1.807) is 0 Å². The summed E-state index contributed by atoms with van der Waals surface area (Å²) in [5.41, 5.74) is 0.